The molecule has 2 heterocycles. The number of carbonyl (C=O) groups is 1. The standard InChI is InChI=1S/C17H19Cl2N5O/c1-2-23-7-9-24(10-8-23)17(25)14-5-6-16(22-21-14)20-15-11-12(18)3-4-13(15)19/h3-6,11H,2,7-10H2,1H3,(H,20,22). The van der Waals surface area contributed by atoms with Gasteiger partial charge in [0.05, 0.1) is 10.7 Å². The van der Waals surface area contributed by atoms with Crippen LogP contribution in [-0.4, -0.2) is 58.6 Å². The number of benzene rings is 1. The van der Waals surface area contributed by atoms with Gasteiger partial charge in [-0.1, -0.05) is 30.1 Å². The van der Waals surface area contributed by atoms with Crippen molar-refractivity contribution in [1.29, 1.82) is 0 Å². The topological polar surface area (TPSA) is 61.4 Å². The maximum atomic E-state index is 12.5. The summed E-state index contributed by atoms with van der Waals surface area (Å²) in [6.07, 6.45) is 0. The van der Waals surface area contributed by atoms with Crippen molar-refractivity contribution in [3.05, 3.63) is 46.1 Å². The molecule has 132 valence electrons. The average Bonchev–Trinajstić information content (AvgIpc) is 2.65. The number of likely N-dealkylation sites (N-methyl/N-ethyl adjacent to an activating group) is 1. The fraction of sp³-hybridized carbons (Fsp3) is 0.353. The first kappa shape index (κ1) is 17.9. The van der Waals surface area contributed by atoms with E-state index in [1.54, 1.807) is 30.3 Å². The Morgan fingerprint density at radius 3 is 2.52 bits per heavy atom. The summed E-state index contributed by atoms with van der Waals surface area (Å²) in [6, 6.07) is 8.49. The number of nitrogens with one attached hydrogen (secondary N) is 1. The predicted octanol–water partition coefficient (Wildman–Crippen LogP) is 3.30. The lowest BCUT2D eigenvalue weighted by Gasteiger charge is -2.33. The zero-order valence-electron chi connectivity index (χ0n) is 13.9. The zero-order chi connectivity index (χ0) is 17.8. The summed E-state index contributed by atoms with van der Waals surface area (Å²) in [4.78, 5) is 16.6. The van der Waals surface area contributed by atoms with Gasteiger partial charge in [0, 0.05) is 31.2 Å². The highest BCUT2D eigenvalue weighted by Gasteiger charge is 2.22. The highest BCUT2D eigenvalue weighted by atomic mass is 35.5. The van der Waals surface area contributed by atoms with Gasteiger partial charge in [0.1, 0.15) is 0 Å². The van der Waals surface area contributed by atoms with Crippen LogP contribution in [-0.2, 0) is 0 Å². The Morgan fingerprint density at radius 1 is 1.12 bits per heavy atom. The number of nitrogens with zero attached hydrogens (tertiary/aromatic N) is 4. The maximum absolute atomic E-state index is 12.5. The third-order valence-electron chi connectivity index (χ3n) is 4.18. The van der Waals surface area contributed by atoms with E-state index in [4.69, 9.17) is 23.2 Å². The van der Waals surface area contributed by atoms with E-state index >= 15 is 0 Å². The first-order valence-corrected chi connectivity index (χ1v) is 8.90. The van der Waals surface area contributed by atoms with Crippen LogP contribution in [0, 0.1) is 0 Å². The molecule has 0 bridgehead atoms. The molecule has 1 N–H and O–H groups in total. The highest BCUT2D eigenvalue weighted by Crippen LogP contribution is 2.27. The van der Waals surface area contributed by atoms with Crippen LogP contribution in [0.25, 0.3) is 0 Å². The van der Waals surface area contributed by atoms with Gasteiger partial charge in [0.25, 0.3) is 5.91 Å². The van der Waals surface area contributed by atoms with E-state index in [1.807, 2.05) is 4.90 Å². The van der Waals surface area contributed by atoms with E-state index < -0.39 is 0 Å². The van der Waals surface area contributed by atoms with Gasteiger partial charge in [-0.3, -0.25) is 4.79 Å². The monoisotopic (exact) mass is 379 g/mol. The van der Waals surface area contributed by atoms with E-state index in [2.05, 4.69) is 27.3 Å². The number of hydrogen-bond donors (Lipinski definition) is 1. The second kappa shape index (κ2) is 7.99. The fourth-order valence-electron chi connectivity index (χ4n) is 2.67. The minimum Gasteiger partial charge on any atom is -0.337 e. The molecular weight excluding hydrogens is 361 g/mol. The molecule has 1 aliphatic rings. The van der Waals surface area contributed by atoms with Crippen molar-refractivity contribution in [2.45, 2.75) is 6.92 Å². The molecule has 25 heavy (non-hydrogen) atoms. The van der Waals surface area contributed by atoms with Crippen molar-refractivity contribution in [1.82, 2.24) is 20.0 Å². The van der Waals surface area contributed by atoms with Gasteiger partial charge in [-0.15, -0.1) is 10.2 Å². The number of amides is 1. The fourth-order valence-corrected chi connectivity index (χ4v) is 3.01. The Balaban J connectivity index is 1.66. The average molecular weight is 380 g/mol. The minimum atomic E-state index is -0.0874. The molecule has 8 heteroatoms. The lowest BCUT2D eigenvalue weighted by Crippen LogP contribution is -2.48. The normalized spacial score (nSPS) is 15.2. The van der Waals surface area contributed by atoms with Crippen molar-refractivity contribution in [3.63, 3.8) is 0 Å². The Morgan fingerprint density at radius 2 is 1.88 bits per heavy atom. The number of rotatable bonds is 4. The third-order valence-corrected chi connectivity index (χ3v) is 4.75. The Kier molecular flexibility index (Phi) is 5.73. The number of carbonyl (C=O) groups excluding carboxylic acids is 1. The first-order valence-electron chi connectivity index (χ1n) is 8.14. The summed E-state index contributed by atoms with van der Waals surface area (Å²) >= 11 is 12.1. The van der Waals surface area contributed by atoms with Gasteiger partial charge in [0.15, 0.2) is 11.5 Å². The van der Waals surface area contributed by atoms with Crippen LogP contribution in [0.2, 0.25) is 10.0 Å². The van der Waals surface area contributed by atoms with E-state index in [0.29, 0.717) is 40.3 Å². The van der Waals surface area contributed by atoms with Crippen LogP contribution in [0.4, 0.5) is 11.5 Å². The van der Waals surface area contributed by atoms with Crippen molar-refractivity contribution < 1.29 is 4.79 Å². The highest BCUT2D eigenvalue weighted by molar-refractivity contribution is 6.35. The van der Waals surface area contributed by atoms with Crippen LogP contribution < -0.4 is 5.32 Å². The predicted molar refractivity (Wildman–Crippen MR) is 99.8 cm³/mol. The molecule has 0 aliphatic carbocycles. The summed E-state index contributed by atoms with van der Waals surface area (Å²) in [7, 11) is 0. The summed E-state index contributed by atoms with van der Waals surface area (Å²) < 4.78 is 0. The van der Waals surface area contributed by atoms with Crippen LogP contribution >= 0.6 is 23.2 Å². The third kappa shape index (κ3) is 4.39. The number of aromatic nitrogens is 2. The van der Waals surface area contributed by atoms with Gasteiger partial charge in [-0.05, 0) is 36.9 Å². The molecule has 0 spiro atoms. The molecule has 0 atom stereocenters. The van der Waals surface area contributed by atoms with Gasteiger partial charge in [-0.2, -0.15) is 0 Å². The zero-order valence-corrected chi connectivity index (χ0v) is 15.4. The van der Waals surface area contributed by atoms with Gasteiger partial charge in [0.2, 0.25) is 0 Å². The Bertz CT molecular complexity index is 745. The van der Waals surface area contributed by atoms with Crippen molar-refractivity contribution in [3.8, 4) is 0 Å². The molecule has 1 aliphatic heterocycles. The maximum Gasteiger partial charge on any atom is 0.274 e. The minimum absolute atomic E-state index is 0.0874. The summed E-state index contributed by atoms with van der Waals surface area (Å²) in [6.45, 7) is 6.35. The molecule has 0 saturated carbocycles. The second-order valence-corrected chi connectivity index (χ2v) is 6.62. The molecule has 1 fully saturated rings. The first-order chi connectivity index (χ1) is 12.1. The Hall–Kier alpha value is -1.89. The molecule has 0 unspecified atom stereocenters. The summed E-state index contributed by atoms with van der Waals surface area (Å²) in [5.41, 5.74) is 0.978. The van der Waals surface area contributed by atoms with Crippen LogP contribution in [0.1, 0.15) is 17.4 Å². The van der Waals surface area contributed by atoms with Crippen LogP contribution in [0.5, 0.6) is 0 Å². The largest absolute Gasteiger partial charge is 0.337 e. The molecule has 0 radical (unpaired) electrons. The van der Waals surface area contributed by atoms with Gasteiger partial charge >= 0.3 is 0 Å². The number of hydrogen-bond acceptors (Lipinski definition) is 5. The smallest absolute Gasteiger partial charge is 0.274 e. The van der Waals surface area contributed by atoms with Crippen molar-refractivity contribution in [2.75, 3.05) is 38.0 Å². The van der Waals surface area contributed by atoms with Gasteiger partial charge < -0.3 is 15.1 Å². The van der Waals surface area contributed by atoms with E-state index in [-0.39, 0.29) is 5.91 Å². The van der Waals surface area contributed by atoms with E-state index in [0.717, 1.165) is 19.6 Å². The molecule has 1 aromatic carbocycles. The lowest BCUT2D eigenvalue weighted by molar-refractivity contribution is 0.0636. The molecule has 1 amide bonds. The molecule has 2 aromatic rings. The van der Waals surface area contributed by atoms with Crippen LogP contribution in [0.15, 0.2) is 30.3 Å². The quantitative estimate of drug-likeness (QED) is 0.882. The van der Waals surface area contributed by atoms with Crippen molar-refractivity contribution >= 4 is 40.6 Å². The van der Waals surface area contributed by atoms with E-state index in [1.165, 1.54) is 0 Å². The second-order valence-electron chi connectivity index (χ2n) is 5.78. The Labute approximate surface area is 156 Å². The van der Waals surface area contributed by atoms with Gasteiger partial charge in [-0.25, -0.2) is 0 Å². The molecule has 6 nitrogen and oxygen atoms in total. The molecular formula is C17H19Cl2N5O. The summed E-state index contributed by atoms with van der Waals surface area (Å²) in [5.74, 6) is 0.409. The molecule has 1 saturated heterocycles. The van der Waals surface area contributed by atoms with Crippen molar-refractivity contribution in [2.24, 2.45) is 0 Å². The molecule has 3 rings (SSSR count). The lowest BCUT2D eigenvalue weighted by atomic mass is 10.2. The van der Waals surface area contributed by atoms with Crippen LogP contribution in [0.3, 0.4) is 0 Å². The number of anilines is 2. The molecule has 1 aromatic heterocycles. The van der Waals surface area contributed by atoms with E-state index in [9.17, 15) is 4.79 Å². The summed E-state index contributed by atoms with van der Waals surface area (Å²) in [5, 5.41) is 12.3. The number of piperazine rings is 1. The SMILES string of the molecule is CCN1CCN(C(=O)c2ccc(Nc3cc(Cl)ccc3Cl)nn2)CC1. The number of halogens is 2.